The van der Waals surface area contributed by atoms with E-state index in [-0.39, 0.29) is 12.3 Å². The van der Waals surface area contributed by atoms with Gasteiger partial charge >= 0.3 is 5.97 Å². The number of fused-ring (bicyclic) bond motifs is 1. The summed E-state index contributed by atoms with van der Waals surface area (Å²) in [4.78, 5) is 15.8. The molecular formula is C16H14N2O4. The van der Waals surface area contributed by atoms with E-state index < -0.39 is 5.97 Å². The van der Waals surface area contributed by atoms with Crippen LogP contribution in [0.15, 0.2) is 48.7 Å². The van der Waals surface area contributed by atoms with Crippen molar-refractivity contribution in [2.45, 2.75) is 6.61 Å². The number of aromatic carboxylic acids is 1. The van der Waals surface area contributed by atoms with Crippen LogP contribution in [0, 0.1) is 0 Å². The summed E-state index contributed by atoms with van der Waals surface area (Å²) in [6.07, 6.45) is 1.67. The molecule has 0 spiro atoms. The second-order valence-electron chi connectivity index (χ2n) is 4.58. The van der Waals surface area contributed by atoms with Crippen LogP contribution in [0.3, 0.4) is 0 Å². The van der Waals surface area contributed by atoms with Crippen molar-refractivity contribution in [3.8, 4) is 11.5 Å². The van der Waals surface area contributed by atoms with Gasteiger partial charge in [0.25, 0.3) is 0 Å². The maximum atomic E-state index is 11.5. The molecule has 1 aromatic carbocycles. The lowest BCUT2D eigenvalue weighted by Crippen LogP contribution is -2.07. The van der Waals surface area contributed by atoms with Crippen LogP contribution < -0.4 is 9.47 Å². The number of benzene rings is 1. The molecule has 1 N–H and O–H groups in total. The number of carboxylic acid groups (broad SMARTS) is 1. The Kier molecular flexibility index (Phi) is 3.65. The summed E-state index contributed by atoms with van der Waals surface area (Å²) < 4.78 is 12.4. The zero-order chi connectivity index (χ0) is 15.5. The van der Waals surface area contributed by atoms with E-state index in [1.54, 1.807) is 43.6 Å². The quantitative estimate of drug-likeness (QED) is 0.784. The summed E-state index contributed by atoms with van der Waals surface area (Å²) in [5, 5.41) is 9.41. The van der Waals surface area contributed by atoms with E-state index in [0.717, 1.165) is 0 Å². The molecule has 0 fully saturated rings. The molecule has 6 nitrogen and oxygen atoms in total. The Bertz CT molecular complexity index is 826. The highest BCUT2D eigenvalue weighted by atomic mass is 16.5. The molecule has 22 heavy (non-hydrogen) atoms. The molecule has 0 radical (unpaired) electrons. The van der Waals surface area contributed by atoms with Crippen molar-refractivity contribution in [1.29, 1.82) is 0 Å². The Balaban J connectivity index is 1.94. The maximum Gasteiger partial charge on any atom is 0.354 e. The molecule has 112 valence electrons. The standard InChI is InChI=1S/C16H14N2O4/c1-21-12-6-2-3-7-13(12)22-10-11-15(16(19)20)18-9-5-4-8-14(18)17-11/h2-9H,10H2,1H3,(H,19,20). The first-order valence-corrected chi connectivity index (χ1v) is 6.66. The first-order chi connectivity index (χ1) is 10.7. The number of hydrogen-bond donors (Lipinski definition) is 1. The zero-order valence-corrected chi connectivity index (χ0v) is 11.9. The van der Waals surface area contributed by atoms with Gasteiger partial charge in [0.2, 0.25) is 0 Å². The Morgan fingerprint density at radius 3 is 2.64 bits per heavy atom. The first kappa shape index (κ1) is 13.9. The summed E-state index contributed by atoms with van der Waals surface area (Å²) in [5.74, 6) is 0.0823. The second-order valence-corrected chi connectivity index (χ2v) is 4.58. The number of aromatic nitrogens is 2. The molecule has 0 saturated carbocycles. The molecule has 3 rings (SSSR count). The van der Waals surface area contributed by atoms with Gasteiger partial charge in [-0.3, -0.25) is 4.40 Å². The molecule has 0 bridgehead atoms. The molecule has 0 saturated heterocycles. The Hall–Kier alpha value is -3.02. The summed E-state index contributed by atoms with van der Waals surface area (Å²) in [7, 11) is 1.55. The highest BCUT2D eigenvalue weighted by Crippen LogP contribution is 2.27. The lowest BCUT2D eigenvalue weighted by molar-refractivity contribution is 0.0686. The molecular weight excluding hydrogens is 284 g/mol. The van der Waals surface area contributed by atoms with Gasteiger partial charge in [-0.15, -0.1) is 0 Å². The molecule has 2 heterocycles. The van der Waals surface area contributed by atoms with Crippen LogP contribution in [0.2, 0.25) is 0 Å². The number of carboxylic acids is 1. The molecule has 0 unspecified atom stereocenters. The number of methoxy groups -OCH3 is 1. The molecule has 0 aliphatic rings. The van der Waals surface area contributed by atoms with E-state index in [1.807, 2.05) is 12.1 Å². The van der Waals surface area contributed by atoms with Crippen molar-refractivity contribution >= 4 is 11.6 Å². The third-order valence-corrected chi connectivity index (χ3v) is 3.24. The number of para-hydroxylation sites is 2. The minimum Gasteiger partial charge on any atom is -0.493 e. The van der Waals surface area contributed by atoms with Gasteiger partial charge in [0, 0.05) is 6.20 Å². The van der Waals surface area contributed by atoms with Gasteiger partial charge in [-0.2, -0.15) is 0 Å². The predicted octanol–water partition coefficient (Wildman–Crippen LogP) is 2.62. The normalized spacial score (nSPS) is 10.6. The van der Waals surface area contributed by atoms with E-state index in [9.17, 15) is 9.90 Å². The fourth-order valence-electron chi connectivity index (χ4n) is 2.26. The topological polar surface area (TPSA) is 73.1 Å². The number of carbonyl (C=O) groups is 1. The Morgan fingerprint density at radius 2 is 1.91 bits per heavy atom. The lowest BCUT2D eigenvalue weighted by Gasteiger charge is -2.09. The molecule has 2 aromatic heterocycles. The van der Waals surface area contributed by atoms with Crippen LogP contribution in [0.25, 0.3) is 5.65 Å². The third kappa shape index (κ3) is 2.46. The SMILES string of the molecule is COc1ccccc1OCc1nc2ccccn2c1C(=O)O. The zero-order valence-electron chi connectivity index (χ0n) is 11.9. The fraction of sp³-hybridized carbons (Fsp3) is 0.125. The van der Waals surface area contributed by atoms with E-state index in [2.05, 4.69) is 4.98 Å². The Morgan fingerprint density at radius 1 is 1.18 bits per heavy atom. The fourth-order valence-corrected chi connectivity index (χ4v) is 2.26. The van der Waals surface area contributed by atoms with Crippen LogP contribution in [-0.4, -0.2) is 27.6 Å². The highest BCUT2D eigenvalue weighted by Gasteiger charge is 2.19. The minimum absolute atomic E-state index is 0.0453. The highest BCUT2D eigenvalue weighted by molar-refractivity contribution is 5.88. The predicted molar refractivity (Wildman–Crippen MR) is 79.5 cm³/mol. The molecule has 6 heteroatoms. The van der Waals surface area contributed by atoms with E-state index in [0.29, 0.717) is 22.8 Å². The van der Waals surface area contributed by atoms with Gasteiger partial charge < -0.3 is 14.6 Å². The molecule has 0 amide bonds. The van der Waals surface area contributed by atoms with Gasteiger partial charge in [-0.1, -0.05) is 18.2 Å². The largest absolute Gasteiger partial charge is 0.493 e. The summed E-state index contributed by atoms with van der Waals surface area (Å²) in [6, 6.07) is 12.5. The van der Waals surface area contributed by atoms with E-state index in [1.165, 1.54) is 4.40 Å². The number of imidazole rings is 1. The summed E-state index contributed by atoms with van der Waals surface area (Å²) in [6.45, 7) is 0.0453. The van der Waals surface area contributed by atoms with Crippen molar-refractivity contribution in [3.63, 3.8) is 0 Å². The number of ether oxygens (including phenoxy) is 2. The van der Waals surface area contributed by atoms with Crippen molar-refractivity contribution in [1.82, 2.24) is 9.38 Å². The number of pyridine rings is 1. The van der Waals surface area contributed by atoms with Crippen molar-refractivity contribution in [3.05, 3.63) is 60.0 Å². The smallest absolute Gasteiger partial charge is 0.354 e. The van der Waals surface area contributed by atoms with Crippen molar-refractivity contribution < 1.29 is 19.4 Å². The van der Waals surface area contributed by atoms with Crippen molar-refractivity contribution in [2.75, 3.05) is 7.11 Å². The molecule has 0 atom stereocenters. The molecule has 0 aliphatic carbocycles. The van der Waals surface area contributed by atoms with Crippen LogP contribution in [-0.2, 0) is 6.61 Å². The Labute approximate surface area is 126 Å². The van der Waals surface area contributed by atoms with Gasteiger partial charge in [-0.25, -0.2) is 9.78 Å². The second kappa shape index (κ2) is 5.77. The number of hydrogen-bond acceptors (Lipinski definition) is 4. The number of rotatable bonds is 5. The summed E-state index contributed by atoms with van der Waals surface area (Å²) >= 11 is 0. The maximum absolute atomic E-state index is 11.5. The van der Waals surface area contributed by atoms with Gasteiger partial charge in [0.1, 0.15) is 17.9 Å². The van der Waals surface area contributed by atoms with Crippen LogP contribution in [0.5, 0.6) is 11.5 Å². The van der Waals surface area contributed by atoms with Gasteiger partial charge in [0.05, 0.1) is 7.11 Å². The van der Waals surface area contributed by atoms with Crippen molar-refractivity contribution in [2.24, 2.45) is 0 Å². The summed E-state index contributed by atoms with van der Waals surface area (Å²) in [5.41, 5.74) is 1.04. The van der Waals surface area contributed by atoms with Gasteiger partial charge in [-0.05, 0) is 24.3 Å². The average molecular weight is 298 g/mol. The first-order valence-electron chi connectivity index (χ1n) is 6.66. The van der Waals surface area contributed by atoms with Crippen LogP contribution >= 0.6 is 0 Å². The monoisotopic (exact) mass is 298 g/mol. The van der Waals surface area contributed by atoms with Crippen LogP contribution in [0.1, 0.15) is 16.2 Å². The molecule has 3 aromatic rings. The lowest BCUT2D eigenvalue weighted by atomic mass is 10.3. The minimum atomic E-state index is -1.04. The average Bonchev–Trinajstić information content (AvgIpc) is 2.91. The van der Waals surface area contributed by atoms with E-state index >= 15 is 0 Å². The van der Waals surface area contributed by atoms with Crippen LogP contribution in [0.4, 0.5) is 0 Å². The number of nitrogens with zero attached hydrogens (tertiary/aromatic N) is 2. The van der Waals surface area contributed by atoms with Gasteiger partial charge in [0.15, 0.2) is 17.2 Å². The third-order valence-electron chi connectivity index (χ3n) is 3.24. The van der Waals surface area contributed by atoms with E-state index in [4.69, 9.17) is 9.47 Å². The molecule has 0 aliphatic heterocycles.